The number of halogens is 1. The third-order valence-corrected chi connectivity index (χ3v) is 2.80. The SMILES string of the molecule is CC1(O)CN(C(=O)Nc2ccccc2Cl)C1. The summed E-state index contributed by atoms with van der Waals surface area (Å²) in [6, 6.07) is 6.81. The fraction of sp³-hybridized carbons (Fsp3) is 0.364. The van der Waals surface area contributed by atoms with Crippen LogP contribution in [0.2, 0.25) is 5.02 Å². The van der Waals surface area contributed by atoms with Crippen molar-refractivity contribution < 1.29 is 9.90 Å². The number of aliphatic hydroxyl groups is 1. The van der Waals surface area contributed by atoms with Crippen LogP contribution in [0.4, 0.5) is 10.5 Å². The average Bonchev–Trinajstić information content (AvgIpc) is 2.17. The topological polar surface area (TPSA) is 52.6 Å². The zero-order valence-corrected chi connectivity index (χ0v) is 9.66. The van der Waals surface area contributed by atoms with Crippen LogP contribution in [0.1, 0.15) is 6.92 Å². The smallest absolute Gasteiger partial charge is 0.322 e. The van der Waals surface area contributed by atoms with Crippen molar-refractivity contribution in [1.82, 2.24) is 4.90 Å². The van der Waals surface area contributed by atoms with Crippen LogP contribution in [0.5, 0.6) is 0 Å². The maximum absolute atomic E-state index is 11.7. The third kappa shape index (κ3) is 2.28. The Kier molecular flexibility index (Phi) is 2.78. The number of para-hydroxylation sites is 1. The van der Waals surface area contributed by atoms with Gasteiger partial charge >= 0.3 is 6.03 Å². The summed E-state index contributed by atoms with van der Waals surface area (Å²) < 4.78 is 0. The van der Waals surface area contributed by atoms with Crippen molar-refractivity contribution in [3.05, 3.63) is 29.3 Å². The summed E-state index contributed by atoms with van der Waals surface area (Å²) >= 11 is 5.91. The summed E-state index contributed by atoms with van der Waals surface area (Å²) in [6.45, 7) is 2.40. The van der Waals surface area contributed by atoms with E-state index >= 15 is 0 Å². The molecular weight excluding hydrogens is 228 g/mol. The number of carbonyl (C=O) groups excluding carboxylic acids is 1. The van der Waals surface area contributed by atoms with E-state index in [1.165, 1.54) is 4.90 Å². The Labute approximate surface area is 98.8 Å². The minimum atomic E-state index is -0.752. The van der Waals surface area contributed by atoms with E-state index in [0.717, 1.165) is 0 Å². The number of benzene rings is 1. The van der Waals surface area contributed by atoms with E-state index in [1.807, 2.05) is 0 Å². The molecule has 0 aliphatic carbocycles. The highest BCUT2D eigenvalue weighted by Crippen LogP contribution is 2.24. The number of β-amino-alcohol motifs (C(OH)–C–C–N with tert-alkyl or cyclic N) is 1. The summed E-state index contributed by atoms with van der Waals surface area (Å²) in [7, 11) is 0. The predicted octanol–water partition coefficient (Wildman–Crippen LogP) is 1.94. The van der Waals surface area contributed by atoms with Crippen molar-refractivity contribution in [2.24, 2.45) is 0 Å². The second-order valence-corrected chi connectivity index (χ2v) is 4.67. The fourth-order valence-corrected chi connectivity index (χ4v) is 1.86. The van der Waals surface area contributed by atoms with Gasteiger partial charge in [0, 0.05) is 0 Å². The molecule has 16 heavy (non-hydrogen) atoms. The van der Waals surface area contributed by atoms with Gasteiger partial charge in [0.15, 0.2) is 0 Å². The monoisotopic (exact) mass is 240 g/mol. The highest BCUT2D eigenvalue weighted by molar-refractivity contribution is 6.33. The van der Waals surface area contributed by atoms with E-state index < -0.39 is 5.60 Å². The minimum Gasteiger partial charge on any atom is -0.386 e. The van der Waals surface area contributed by atoms with E-state index in [-0.39, 0.29) is 6.03 Å². The van der Waals surface area contributed by atoms with Crippen molar-refractivity contribution in [3.8, 4) is 0 Å². The first-order valence-corrected chi connectivity index (χ1v) is 5.39. The van der Waals surface area contributed by atoms with Crippen LogP contribution in [-0.4, -0.2) is 34.7 Å². The molecule has 0 aromatic heterocycles. The molecule has 0 saturated carbocycles. The number of likely N-dealkylation sites (tertiary alicyclic amines) is 1. The van der Waals surface area contributed by atoms with Gasteiger partial charge in [-0.15, -0.1) is 0 Å². The molecule has 5 heteroatoms. The van der Waals surface area contributed by atoms with Gasteiger partial charge in [-0.05, 0) is 19.1 Å². The zero-order chi connectivity index (χ0) is 11.8. The molecule has 1 fully saturated rings. The molecule has 2 amide bonds. The quantitative estimate of drug-likeness (QED) is 0.788. The number of nitrogens with zero attached hydrogens (tertiary/aromatic N) is 1. The molecule has 1 aliphatic heterocycles. The first-order valence-electron chi connectivity index (χ1n) is 5.01. The lowest BCUT2D eigenvalue weighted by Gasteiger charge is -2.43. The van der Waals surface area contributed by atoms with E-state index in [2.05, 4.69) is 5.32 Å². The van der Waals surface area contributed by atoms with Crippen LogP contribution >= 0.6 is 11.6 Å². The van der Waals surface area contributed by atoms with Crippen molar-refractivity contribution in [1.29, 1.82) is 0 Å². The molecule has 1 saturated heterocycles. The van der Waals surface area contributed by atoms with E-state index in [0.29, 0.717) is 23.8 Å². The second kappa shape index (κ2) is 3.96. The van der Waals surface area contributed by atoms with Crippen molar-refractivity contribution in [3.63, 3.8) is 0 Å². The number of hydrogen-bond acceptors (Lipinski definition) is 2. The average molecular weight is 241 g/mol. The molecule has 0 bridgehead atoms. The molecule has 1 aromatic carbocycles. The largest absolute Gasteiger partial charge is 0.386 e. The standard InChI is InChI=1S/C11H13ClN2O2/c1-11(16)6-14(7-11)10(15)13-9-5-3-2-4-8(9)12/h2-5,16H,6-7H2,1H3,(H,13,15). The first kappa shape index (κ1) is 11.2. The molecule has 0 unspecified atom stereocenters. The van der Waals surface area contributed by atoms with Gasteiger partial charge in [-0.3, -0.25) is 0 Å². The van der Waals surface area contributed by atoms with Gasteiger partial charge in [-0.2, -0.15) is 0 Å². The number of hydrogen-bond donors (Lipinski definition) is 2. The van der Waals surface area contributed by atoms with Crippen LogP contribution < -0.4 is 5.32 Å². The summed E-state index contributed by atoms with van der Waals surface area (Å²) in [5.74, 6) is 0. The van der Waals surface area contributed by atoms with Gasteiger partial charge in [0.25, 0.3) is 0 Å². The highest BCUT2D eigenvalue weighted by Gasteiger charge is 2.39. The summed E-state index contributed by atoms with van der Waals surface area (Å²) in [6.07, 6.45) is 0. The number of anilines is 1. The van der Waals surface area contributed by atoms with Crippen LogP contribution in [0, 0.1) is 0 Å². The van der Waals surface area contributed by atoms with Crippen molar-refractivity contribution >= 4 is 23.3 Å². The van der Waals surface area contributed by atoms with Gasteiger partial charge in [-0.25, -0.2) is 4.79 Å². The maximum Gasteiger partial charge on any atom is 0.322 e. The lowest BCUT2D eigenvalue weighted by Crippen LogP contribution is -2.62. The number of amides is 2. The molecule has 1 heterocycles. The minimum absolute atomic E-state index is 0.236. The summed E-state index contributed by atoms with van der Waals surface area (Å²) in [4.78, 5) is 13.2. The normalized spacial score (nSPS) is 17.8. The summed E-state index contributed by atoms with van der Waals surface area (Å²) in [5.41, 5.74) is -0.168. The van der Waals surface area contributed by atoms with Crippen LogP contribution in [0.15, 0.2) is 24.3 Å². The van der Waals surface area contributed by atoms with Gasteiger partial charge in [0.05, 0.1) is 29.4 Å². The Morgan fingerprint density at radius 1 is 1.50 bits per heavy atom. The van der Waals surface area contributed by atoms with E-state index in [1.54, 1.807) is 31.2 Å². The molecule has 2 N–H and O–H groups in total. The Balaban J connectivity index is 1.96. The molecular formula is C11H13ClN2O2. The van der Waals surface area contributed by atoms with E-state index in [9.17, 15) is 9.90 Å². The Morgan fingerprint density at radius 3 is 2.69 bits per heavy atom. The molecule has 4 nitrogen and oxygen atoms in total. The summed E-state index contributed by atoms with van der Waals surface area (Å²) in [5, 5.41) is 12.7. The van der Waals surface area contributed by atoms with Crippen LogP contribution in [0.25, 0.3) is 0 Å². The first-order chi connectivity index (χ1) is 7.48. The Hall–Kier alpha value is -1.26. The van der Waals surface area contributed by atoms with Gasteiger partial charge in [-0.1, -0.05) is 23.7 Å². The zero-order valence-electron chi connectivity index (χ0n) is 8.90. The Bertz CT molecular complexity index is 412. The Morgan fingerprint density at radius 2 is 2.12 bits per heavy atom. The van der Waals surface area contributed by atoms with E-state index in [4.69, 9.17) is 11.6 Å². The van der Waals surface area contributed by atoms with Crippen molar-refractivity contribution in [2.75, 3.05) is 18.4 Å². The maximum atomic E-state index is 11.7. The molecule has 0 atom stereocenters. The second-order valence-electron chi connectivity index (χ2n) is 4.26. The van der Waals surface area contributed by atoms with Crippen LogP contribution in [0.3, 0.4) is 0 Å². The molecule has 2 rings (SSSR count). The molecule has 1 aromatic rings. The third-order valence-electron chi connectivity index (χ3n) is 2.47. The highest BCUT2D eigenvalue weighted by atomic mass is 35.5. The molecule has 1 aliphatic rings. The molecule has 0 radical (unpaired) electrons. The van der Waals surface area contributed by atoms with Gasteiger partial charge in [0.2, 0.25) is 0 Å². The van der Waals surface area contributed by atoms with Crippen LogP contribution in [-0.2, 0) is 0 Å². The number of urea groups is 1. The number of carbonyl (C=O) groups is 1. The van der Waals surface area contributed by atoms with Crippen molar-refractivity contribution in [2.45, 2.75) is 12.5 Å². The van der Waals surface area contributed by atoms with Gasteiger partial charge in [0.1, 0.15) is 0 Å². The number of nitrogens with one attached hydrogen (secondary N) is 1. The lowest BCUT2D eigenvalue weighted by atomic mass is 9.98. The number of rotatable bonds is 1. The molecule has 86 valence electrons. The fourth-order valence-electron chi connectivity index (χ4n) is 1.68. The van der Waals surface area contributed by atoms with Gasteiger partial charge < -0.3 is 15.3 Å². The predicted molar refractivity (Wildman–Crippen MR) is 62.7 cm³/mol. The lowest BCUT2D eigenvalue weighted by molar-refractivity contribution is -0.0581. The molecule has 0 spiro atoms.